The van der Waals surface area contributed by atoms with Crippen LogP contribution < -0.4 is 10.5 Å². The quantitative estimate of drug-likeness (QED) is 0.836. The summed E-state index contributed by atoms with van der Waals surface area (Å²) >= 11 is 0. The number of rotatable bonds is 2. The van der Waals surface area contributed by atoms with E-state index in [1.54, 1.807) is 19.4 Å². The first kappa shape index (κ1) is 10.5. The Morgan fingerprint density at radius 1 is 1.19 bits per heavy atom. The Labute approximate surface area is 94.9 Å². The summed E-state index contributed by atoms with van der Waals surface area (Å²) in [5.74, 6) is 0.809. The molecule has 0 spiro atoms. The van der Waals surface area contributed by atoms with E-state index in [1.165, 1.54) is 5.56 Å². The van der Waals surface area contributed by atoms with E-state index < -0.39 is 0 Å². The van der Waals surface area contributed by atoms with Gasteiger partial charge in [-0.1, -0.05) is 11.6 Å². The molecule has 0 aliphatic rings. The van der Waals surface area contributed by atoms with Crippen LogP contribution in [0, 0.1) is 6.92 Å². The Hall–Kier alpha value is -2.03. The molecule has 0 unspecified atom stereocenters. The third-order valence-electron chi connectivity index (χ3n) is 2.41. The van der Waals surface area contributed by atoms with Crippen molar-refractivity contribution in [3.8, 4) is 17.0 Å². The number of pyridine rings is 1. The van der Waals surface area contributed by atoms with Crippen molar-refractivity contribution in [1.82, 2.24) is 4.98 Å². The minimum absolute atomic E-state index is 0.702. The molecule has 3 heteroatoms. The van der Waals surface area contributed by atoms with Crippen LogP contribution in [0.15, 0.2) is 36.5 Å². The van der Waals surface area contributed by atoms with Crippen LogP contribution in [0.4, 0.5) is 5.69 Å². The molecule has 0 aliphatic carbocycles. The average molecular weight is 214 g/mol. The molecular formula is C13H14N2O. The molecule has 0 atom stereocenters. The van der Waals surface area contributed by atoms with Crippen molar-refractivity contribution in [2.75, 3.05) is 12.8 Å². The minimum atomic E-state index is 0.702. The van der Waals surface area contributed by atoms with Crippen molar-refractivity contribution in [2.24, 2.45) is 0 Å². The van der Waals surface area contributed by atoms with Gasteiger partial charge in [-0.2, -0.15) is 0 Å². The lowest BCUT2D eigenvalue weighted by Crippen LogP contribution is -1.92. The van der Waals surface area contributed by atoms with Gasteiger partial charge in [0.25, 0.3) is 0 Å². The molecule has 0 saturated heterocycles. The lowest BCUT2D eigenvalue weighted by atomic mass is 10.1. The van der Waals surface area contributed by atoms with Gasteiger partial charge in [-0.15, -0.1) is 0 Å². The molecule has 1 heterocycles. The highest BCUT2D eigenvalue weighted by Crippen LogP contribution is 2.29. The fourth-order valence-electron chi connectivity index (χ4n) is 1.62. The summed E-state index contributed by atoms with van der Waals surface area (Å²) < 4.78 is 5.31. The highest BCUT2D eigenvalue weighted by molar-refractivity contribution is 5.70. The van der Waals surface area contributed by atoms with Gasteiger partial charge >= 0.3 is 0 Å². The summed E-state index contributed by atoms with van der Waals surface area (Å²) in [6, 6.07) is 9.61. The largest absolute Gasteiger partial charge is 0.496 e. The summed E-state index contributed by atoms with van der Waals surface area (Å²) in [4.78, 5) is 4.30. The van der Waals surface area contributed by atoms with E-state index in [0.717, 1.165) is 17.0 Å². The van der Waals surface area contributed by atoms with Crippen molar-refractivity contribution in [3.05, 3.63) is 42.1 Å². The second-order valence-corrected chi connectivity index (χ2v) is 3.68. The smallest absolute Gasteiger partial charge is 0.128 e. The van der Waals surface area contributed by atoms with Crippen LogP contribution in [-0.2, 0) is 0 Å². The highest BCUT2D eigenvalue weighted by Gasteiger charge is 2.07. The number of aromatic nitrogens is 1. The van der Waals surface area contributed by atoms with Crippen molar-refractivity contribution in [3.63, 3.8) is 0 Å². The van der Waals surface area contributed by atoms with Crippen molar-refractivity contribution in [1.29, 1.82) is 0 Å². The Kier molecular flexibility index (Phi) is 2.77. The van der Waals surface area contributed by atoms with E-state index in [4.69, 9.17) is 10.5 Å². The predicted octanol–water partition coefficient (Wildman–Crippen LogP) is 2.65. The number of aryl methyl sites for hydroxylation is 1. The zero-order valence-electron chi connectivity index (χ0n) is 9.40. The molecule has 0 amide bonds. The van der Waals surface area contributed by atoms with Gasteiger partial charge in [0.1, 0.15) is 5.75 Å². The number of benzene rings is 1. The monoisotopic (exact) mass is 214 g/mol. The number of hydrogen-bond acceptors (Lipinski definition) is 3. The Balaban J connectivity index is 2.58. The lowest BCUT2D eigenvalue weighted by molar-refractivity contribution is 0.416. The maximum absolute atomic E-state index is 5.74. The van der Waals surface area contributed by atoms with Crippen molar-refractivity contribution < 1.29 is 4.74 Å². The Morgan fingerprint density at radius 2 is 2.00 bits per heavy atom. The van der Waals surface area contributed by atoms with Crippen LogP contribution in [0.2, 0.25) is 0 Å². The standard InChI is InChI=1S/C13H14N2O/c1-9-3-4-13(16-2)11(7-9)12-8-10(14)5-6-15-12/h3-8H,1-2H3,(H2,14,15). The summed E-state index contributed by atoms with van der Waals surface area (Å²) in [7, 11) is 1.65. The molecule has 1 aromatic heterocycles. The van der Waals surface area contributed by atoms with E-state index in [0.29, 0.717) is 5.69 Å². The van der Waals surface area contributed by atoms with Gasteiger partial charge in [-0.05, 0) is 31.2 Å². The molecule has 0 aliphatic heterocycles. The molecule has 0 radical (unpaired) electrons. The van der Waals surface area contributed by atoms with Crippen LogP contribution in [0.25, 0.3) is 11.3 Å². The summed E-state index contributed by atoms with van der Waals surface area (Å²) in [5, 5.41) is 0. The van der Waals surface area contributed by atoms with Gasteiger partial charge in [0.15, 0.2) is 0 Å². The maximum Gasteiger partial charge on any atom is 0.128 e. The molecule has 0 fully saturated rings. The molecular weight excluding hydrogens is 200 g/mol. The molecule has 0 bridgehead atoms. The number of anilines is 1. The van der Waals surface area contributed by atoms with Crippen molar-refractivity contribution >= 4 is 5.69 Å². The fraction of sp³-hybridized carbons (Fsp3) is 0.154. The van der Waals surface area contributed by atoms with Crippen LogP contribution in [-0.4, -0.2) is 12.1 Å². The molecule has 2 aromatic rings. The molecule has 16 heavy (non-hydrogen) atoms. The van der Waals surface area contributed by atoms with E-state index in [2.05, 4.69) is 4.98 Å². The minimum Gasteiger partial charge on any atom is -0.496 e. The zero-order chi connectivity index (χ0) is 11.5. The third-order valence-corrected chi connectivity index (χ3v) is 2.41. The molecule has 2 rings (SSSR count). The van der Waals surface area contributed by atoms with Gasteiger partial charge in [-0.3, -0.25) is 4.98 Å². The highest BCUT2D eigenvalue weighted by atomic mass is 16.5. The topological polar surface area (TPSA) is 48.1 Å². The molecule has 1 aromatic carbocycles. The Bertz CT molecular complexity index is 509. The number of ether oxygens (including phenoxy) is 1. The van der Waals surface area contributed by atoms with Gasteiger partial charge < -0.3 is 10.5 Å². The number of methoxy groups -OCH3 is 1. The van der Waals surface area contributed by atoms with Crippen LogP contribution >= 0.6 is 0 Å². The van der Waals surface area contributed by atoms with Gasteiger partial charge in [-0.25, -0.2) is 0 Å². The normalized spacial score (nSPS) is 10.1. The van der Waals surface area contributed by atoms with E-state index >= 15 is 0 Å². The molecule has 3 nitrogen and oxygen atoms in total. The second kappa shape index (κ2) is 4.23. The number of nitrogens with zero attached hydrogens (tertiary/aromatic N) is 1. The number of nitrogen functional groups attached to an aromatic ring is 1. The third kappa shape index (κ3) is 1.98. The van der Waals surface area contributed by atoms with E-state index in [1.807, 2.05) is 31.2 Å². The first-order valence-corrected chi connectivity index (χ1v) is 5.07. The average Bonchev–Trinajstić information content (AvgIpc) is 2.29. The van der Waals surface area contributed by atoms with Gasteiger partial charge in [0.05, 0.1) is 12.8 Å². The number of hydrogen-bond donors (Lipinski definition) is 1. The first-order valence-electron chi connectivity index (χ1n) is 5.07. The predicted molar refractivity (Wildman–Crippen MR) is 65.4 cm³/mol. The van der Waals surface area contributed by atoms with Crippen molar-refractivity contribution in [2.45, 2.75) is 6.92 Å². The van der Waals surface area contributed by atoms with Gasteiger partial charge in [0, 0.05) is 17.4 Å². The molecule has 2 N–H and O–H groups in total. The summed E-state index contributed by atoms with van der Waals surface area (Å²) in [6.45, 7) is 2.04. The van der Waals surface area contributed by atoms with Gasteiger partial charge in [0.2, 0.25) is 0 Å². The summed E-state index contributed by atoms with van der Waals surface area (Å²) in [5.41, 5.74) is 9.42. The van der Waals surface area contributed by atoms with Crippen LogP contribution in [0.5, 0.6) is 5.75 Å². The fourth-order valence-corrected chi connectivity index (χ4v) is 1.62. The molecule has 0 saturated carbocycles. The van der Waals surface area contributed by atoms with Crippen LogP contribution in [0.1, 0.15) is 5.56 Å². The maximum atomic E-state index is 5.74. The van der Waals surface area contributed by atoms with Crippen LogP contribution in [0.3, 0.4) is 0 Å². The lowest BCUT2D eigenvalue weighted by Gasteiger charge is -2.09. The first-order chi connectivity index (χ1) is 7.70. The SMILES string of the molecule is COc1ccc(C)cc1-c1cc(N)ccn1. The van der Waals surface area contributed by atoms with E-state index in [-0.39, 0.29) is 0 Å². The zero-order valence-corrected chi connectivity index (χ0v) is 9.40. The van der Waals surface area contributed by atoms with E-state index in [9.17, 15) is 0 Å². The Morgan fingerprint density at radius 3 is 2.69 bits per heavy atom. The number of nitrogens with two attached hydrogens (primary N) is 1. The second-order valence-electron chi connectivity index (χ2n) is 3.68. The molecule has 82 valence electrons. The summed E-state index contributed by atoms with van der Waals surface area (Å²) in [6.07, 6.45) is 1.70.